The Hall–Kier alpha value is -2.68. The third-order valence-corrected chi connectivity index (χ3v) is 3.61. The maximum Gasteiger partial charge on any atom is 0.287 e. The van der Waals surface area contributed by atoms with Crippen LogP contribution in [0.4, 0.5) is 5.69 Å². The van der Waals surface area contributed by atoms with Crippen LogP contribution in [0.15, 0.2) is 24.5 Å². The second kappa shape index (κ2) is 4.78. The highest BCUT2D eigenvalue weighted by molar-refractivity contribution is 5.54. The molecule has 0 bridgehead atoms. The van der Waals surface area contributed by atoms with E-state index in [-0.39, 0.29) is 11.3 Å². The first kappa shape index (κ1) is 12.4. The molecule has 2 aromatic rings. The molecule has 1 heterocycles. The van der Waals surface area contributed by atoms with E-state index in [1.54, 1.807) is 18.5 Å². The number of hydrogen-bond acceptors (Lipinski definition) is 4. The Kier molecular flexibility index (Phi) is 2.95. The van der Waals surface area contributed by atoms with Crippen LogP contribution in [0.25, 0.3) is 5.69 Å². The lowest BCUT2D eigenvalue weighted by Gasteiger charge is -2.14. The van der Waals surface area contributed by atoms with Crippen LogP contribution in [0.5, 0.6) is 0 Å². The van der Waals surface area contributed by atoms with Crippen molar-refractivity contribution in [2.45, 2.75) is 25.7 Å². The zero-order valence-electron chi connectivity index (χ0n) is 10.7. The number of nitro benzene ring substituents is 1. The van der Waals surface area contributed by atoms with Crippen molar-refractivity contribution in [2.24, 2.45) is 0 Å². The van der Waals surface area contributed by atoms with Crippen LogP contribution in [0.3, 0.4) is 0 Å². The molecule has 0 aliphatic heterocycles. The van der Waals surface area contributed by atoms with Gasteiger partial charge < -0.3 is 4.57 Å². The molecule has 0 saturated heterocycles. The predicted octanol–water partition coefficient (Wildman–Crippen LogP) is 2.53. The van der Waals surface area contributed by atoms with Crippen LogP contribution in [0.1, 0.15) is 29.8 Å². The van der Waals surface area contributed by atoms with Gasteiger partial charge >= 0.3 is 0 Å². The van der Waals surface area contributed by atoms with Gasteiger partial charge in [-0.05, 0) is 37.8 Å². The number of benzene rings is 1. The Bertz CT molecular complexity index is 727. The Morgan fingerprint density at radius 2 is 2.15 bits per heavy atom. The molecule has 0 N–H and O–H groups in total. The van der Waals surface area contributed by atoms with E-state index >= 15 is 0 Å². The number of aryl methyl sites for hydroxylation is 1. The smallest absolute Gasteiger partial charge is 0.287 e. The predicted molar refractivity (Wildman–Crippen MR) is 71.6 cm³/mol. The van der Waals surface area contributed by atoms with Crippen LogP contribution in [0.2, 0.25) is 0 Å². The standard InChI is InChI=1S/C14H12N4O2/c15-8-10-7-11(5-6-13(10)18(19)20)17-9-16-12-3-1-2-4-14(12)17/h5-7,9H,1-4H2. The number of nitro groups is 1. The molecule has 0 atom stereocenters. The molecule has 0 unspecified atom stereocenters. The molecule has 0 radical (unpaired) electrons. The number of imidazole rings is 1. The molecular weight excluding hydrogens is 256 g/mol. The van der Waals surface area contributed by atoms with Crippen molar-refractivity contribution in [1.29, 1.82) is 5.26 Å². The van der Waals surface area contributed by atoms with E-state index in [2.05, 4.69) is 4.98 Å². The minimum Gasteiger partial charge on any atom is -0.303 e. The van der Waals surface area contributed by atoms with Gasteiger partial charge in [-0.15, -0.1) is 0 Å². The quantitative estimate of drug-likeness (QED) is 0.618. The molecule has 0 fully saturated rings. The van der Waals surface area contributed by atoms with Gasteiger partial charge in [-0.2, -0.15) is 5.26 Å². The zero-order chi connectivity index (χ0) is 14.1. The highest BCUT2D eigenvalue weighted by atomic mass is 16.6. The lowest BCUT2D eigenvalue weighted by molar-refractivity contribution is -0.385. The molecule has 0 spiro atoms. The number of nitriles is 1. The lowest BCUT2D eigenvalue weighted by Crippen LogP contribution is -2.07. The van der Waals surface area contributed by atoms with Crippen molar-refractivity contribution >= 4 is 5.69 Å². The van der Waals surface area contributed by atoms with Crippen molar-refractivity contribution in [3.05, 3.63) is 51.6 Å². The van der Waals surface area contributed by atoms with E-state index in [1.165, 1.54) is 6.07 Å². The molecular formula is C14H12N4O2. The van der Waals surface area contributed by atoms with E-state index in [9.17, 15) is 10.1 Å². The number of rotatable bonds is 2. The monoisotopic (exact) mass is 268 g/mol. The van der Waals surface area contributed by atoms with Crippen molar-refractivity contribution in [3.63, 3.8) is 0 Å². The van der Waals surface area contributed by atoms with Gasteiger partial charge in [-0.1, -0.05) is 0 Å². The van der Waals surface area contributed by atoms with E-state index in [0.29, 0.717) is 0 Å². The molecule has 1 aliphatic rings. The number of hydrogen-bond donors (Lipinski definition) is 0. The fourth-order valence-corrected chi connectivity index (χ4v) is 2.61. The number of aromatic nitrogens is 2. The van der Waals surface area contributed by atoms with E-state index in [0.717, 1.165) is 42.8 Å². The Labute approximate surface area is 115 Å². The first-order valence-corrected chi connectivity index (χ1v) is 6.44. The fraction of sp³-hybridized carbons (Fsp3) is 0.286. The van der Waals surface area contributed by atoms with Crippen LogP contribution in [-0.2, 0) is 12.8 Å². The normalized spacial score (nSPS) is 13.6. The highest BCUT2D eigenvalue weighted by Gasteiger charge is 2.19. The zero-order valence-corrected chi connectivity index (χ0v) is 10.7. The minimum absolute atomic E-state index is 0.0748. The summed E-state index contributed by atoms with van der Waals surface area (Å²) in [5.74, 6) is 0. The fourth-order valence-electron chi connectivity index (χ4n) is 2.61. The molecule has 6 nitrogen and oxygen atoms in total. The van der Waals surface area contributed by atoms with E-state index < -0.39 is 4.92 Å². The van der Waals surface area contributed by atoms with Crippen LogP contribution in [0, 0.1) is 21.4 Å². The summed E-state index contributed by atoms with van der Waals surface area (Å²) in [6.45, 7) is 0. The molecule has 100 valence electrons. The van der Waals surface area contributed by atoms with Crippen LogP contribution in [-0.4, -0.2) is 14.5 Å². The first-order valence-electron chi connectivity index (χ1n) is 6.44. The molecule has 3 rings (SSSR count). The SMILES string of the molecule is N#Cc1cc(-n2cnc3c2CCCC3)ccc1[N+](=O)[O-]. The summed E-state index contributed by atoms with van der Waals surface area (Å²) in [4.78, 5) is 14.7. The van der Waals surface area contributed by atoms with E-state index in [4.69, 9.17) is 5.26 Å². The Balaban J connectivity index is 2.10. The topological polar surface area (TPSA) is 84.8 Å². The molecule has 0 amide bonds. The van der Waals surface area contributed by atoms with E-state index in [1.807, 2.05) is 10.6 Å². The van der Waals surface area contributed by atoms with Crippen molar-refractivity contribution in [1.82, 2.24) is 9.55 Å². The molecule has 20 heavy (non-hydrogen) atoms. The van der Waals surface area contributed by atoms with Gasteiger partial charge in [-0.25, -0.2) is 4.98 Å². The van der Waals surface area contributed by atoms with Gasteiger partial charge in [-0.3, -0.25) is 10.1 Å². The lowest BCUT2D eigenvalue weighted by atomic mass is 10.0. The van der Waals surface area contributed by atoms with Gasteiger partial charge in [0.15, 0.2) is 0 Å². The van der Waals surface area contributed by atoms with Gasteiger partial charge in [0.2, 0.25) is 0 Å². The average Bonchev–Trinajstić information content (AvgIpc) is 2.90. The van der Waals surface area contributed by atoms with Gasteiger partial charge in [0.05, 0.1) is 16.9 Å². The van der Waals surface area contributed by atoms with Gasteiger partial charge in [0.25, 0.3) is 5.69 Å². The first-order chi connectivity index (χ1) is 9.70. The summed E-state index contributed by atoms with van der Waals surface area (Å²) in [6.07, 6.45) is 5.93. The molecule has 0 saturated carbocycles. The number of fused-ring (bicyclic) bond motifs is 1. The summed E-state index contributed by atoms with van der Waals surface area (Å²) in [5, 5.41) is 19.9. The van der Waals surface area contributed by atoms with Crippen molar-refractivity contribution in [3.8, 4) is 11.8 Å². The maximum atomic E-state index is 10.8. The minimum atomic E-state index is -0.536. The summed E-state index contributed by atoms with van der Waals surface area (Å²) in [5.41, 5.74) is 2.90. The third kappa shape index (κ3) is 1.93. The highest BCUT2D eigenvalue weighted by Crippen LogP contribution is 2.26. The van der Waals surface area contributed by atoms with Crippen molar-refractivity contribution in [2.75, 3.05) is 0 Å². The van der Waals surface area contributed by atoms with Gasteiger partial charge in [0.1, 0.15) is 11.6 Å². The second-order valence-electron chi connectivity index (χ2n) is 4.79. The van der Waals surface area contributed by atoms with Gasteiger partial charge in [0, 0.05) is 17.4 Å². The molecule has 1 aromatic carbocycles. The molecule has 1 aliphatic carbocycles. The number of nitrogens with zero attached hydrogens (tertiary/aromatic N) is 4. The summed E-state index contributed by atoms with van der Waals surface area (Å²) in [7, 11) is 0. The van der Waals surface area contributed by atoms with Crippen LogP contribution >= 0.6 is 0 Å². The van der Waals surface area contributed by atoms with Crippen molar-refractivity contribution < 1.29 is 4.92 Å². The third-order valence-electron chi connectivity index (χ3n) is 3.61. The summed E-state index contributed by atoms with van der Waals surface area (Å²) >= 11 is 0. The molecule has 1 aromatic heterocycles. The summed E-state index contributed by atoms with van der Waals surface area (Å²) < 4.78 is 1.93. The molecule has 6 heteroatoms. The second-order valence-corrected chi connectivity index (χ2v) is 4.79. The Morgan fingerprint density at radius 3 is 2.90 bits per heavy atom. The van der Waals surface area contributed by atoms with Crippen LogP contribution < -0.4 is 0 Å². The Morgan fingerprint density at radius 1 is 1.35 bits per heavy atom. The maximum absolute atomic E-state index is 10.8. The average molecular weight is 268 g/mol. The largest absolute Gasteiger partial charge is 0.303 e. The summed E-state index contributed by atoms with van der Waals surface area (Å²) in [6, 6.07) is 6.47.